The number of carbonyl (C=O) groups is 3. The Labute approximate surface area is 292 Å². The summed E-state index contributed by atoms with van der Waals surface area (Å²) in [6.07, 6.45) is -4.66. The van der Waals surface area contributed by atoms with Gasteiger partial charge in [-0.25, -0.2) is 4.68 Å². The molecule has 3 aliphatic heterocycles. The quantitative estimate of drug-likeness (QED) is 0.229. The highest BCUT2D eigenvalue weighted by Crippen LogP contribution is 2.44. The molecular weight excluding hydrogens is 661 g/mol. The molecule has 4 aromatic rings. The van der Waals surface area contributed by atoms with Crippen LogP contribution in [0.15, 0.2) is 91.0 Å². The Kier molecular flexibility index (Phi) is 8.80. The second-order valence-corrected chi connectivity index (χ2v) is 13.5. The molecule has 10 nitrogen and oxygen atoms in total. The molecule has 3 aromatic carbocycles. The summed E-state index contributed by atoms with van der Waals surface area (Å²) in [5.41, 5.74) is 2.40. The van der Waals surface area contributed by atoms with Gasteiger partial charge in [-0.05, 0) is 61.9 Å². The molecule has 13 heteroatoms. The molecule has 2 fully saturated rings. The standard InChI is InChI=1S/C38H37F3N6O4/c1-4-46-35-30(24(3)44-47(35)29-14-6-5-7-15-29)31(32(36(46)50)43-34(49)26-11-8-12-27(16-26)38(39,40)41)25-10-9-13-28(17-25)42-33(48)23(2)18-45-19-37(20-45)21-51-22-37/h5-17,31-32H,2,4,18-22H2,1,3H3,(H,42,48)(H,43,49)/t31-,32+/m1/s1. The Morgan fingerprint density at radius 3 is 2.41 bits per heavy atom. The number of fused-ring (bicyclic) bond motifs is 1. The van der Waals surface area contributed by atoms with Gasteiger partial charge < -0.3 is 15.4 Å². The first-order chi connectivity index (χ1) is 24.4. The fourth-order valence-electron chi connectivity index (χ4n) is 7.31. The topological polar surface area (TPSA) is 109 Å². The Balaban J connectivity index is 1.24. The van der Waals surface area contributed by atoms with Crippen molar-refractivity contribution in [2.75, 3.05) is 49.6 Å². The third kappa shape index (κ3) is 6.43. The molecule has 264 valence electrons. The number of anilines is 2. The van der Waals surface area contributed by atoms with Crippen molar-refractivity contribution in [2.45, 2.75) is 32.0 Å². The molecule has 7 rings (SSSR count). The molecule has 2 N–H and O–H groups in total. The highest BCUT2D eigenvalue weighted by Gasteiger charge is 2.49. The first kappa shape index (κ1) is 34.2. The predicted octanol–water partition coefficient (Wildman–Crippen LogP) is 5.32. The average molecular weight is 699 g/mol. The molecule has 1 aromatic heterocycles. The van der Waals surface area contributed by atoms with Crippen LogP contribution in [0.2, 0.25) is 0 Å². The van der Waals surface area contributed by atoms with Crippen LogP contribution < -0.4 is 15.5 Å². The van der Waals surface area contributed by atoms with Gasteiger partial charge in [0.05, 0.1) is 30.2 Å². The van der Waals surface area contributed by atoms with Crippen molar-refractivity contribution in [1.82, 2.24) is 20.0 Å². The van der Waals surface area contributed by atoms with Crippen LogP contribution in [-0.4, -0.2) is 77.8 Å². The lowest BCUT2D eigenvalue weighted by Gasteiger charge is -2.55. The van der Waals surface area contributed by atoms with Crippen molar-refractivity contribution in [2.24, 2.45) is 5.41 Å². The zero-order chi connectivity index (χ0) is 36.1. The Bertz CT molecular complexity index is 2020. The van der Waals surface area contributed by atoms with E-state index in [-0.39, 0.29) is 23.4 Å². The largest absolute Gasteiger partial charge is 0.416 e. The molecule has 0 bridgehead atoms. The molecule has 3 aliphatic rings. The smallest absolute Gasteiger partial charge is 0.380 e. The number of alkyl halides is 3. The van der Waals surface area contributed by atoms with E-state index in [4.69, 9.17) is 9.84 Å². The van der Waals surface area contributed by atoms with Gasteiger partial charge in [0.25, 0.3) is 17.7 Å². The number of nitrogens with one attached hydrogen (secondary N) is 2. The number of likely N-dealkylation sites (N-methyl/N-ethyl adjacent to an activating group) is 1. The van der Waals surface area contributed by atoms with Crippen molar-refractivity contribution in [3.05, 3.63) is 119 Å². The molecule has 2 saturated heterocycles. The van der Waals surface area contributed by atoms with Gasteiger partial charge in [-0.2, -0.15) is 18.3 Å². The van der Waals surface area contributed by atoms with Gasteiger partial charge in [0, 0.05) is 59.9 Å². The van der Waals surface area contributed by atoms with Crippen LogP contribution in [0, 0.1) is 12.3 Å². The zero-order valence-corrected chi connectivity index (χ0v) is 28.2. The number of para-hydroxylation sites is 1. The lowest BCUT2D eigenvalue weighted by Crippen LogP contribution is -2.66. The minimum Gasteiger partial charge on any atom is -0.380 e. The van der Waals surface area contributed by atoms with Crippen LogP contribution in [0.4, 0.5) is 24.7 Å². The van der Waals surface area contributed by atoms with Crippen molar-refractivity contribution in [3.63, 3.8) is 0 Å². The summed E-state index contributed by atoms with van der Waals surface area (Å²) in [4.78, 5) is 45.0. The summed E-state index contributed by atoms with van der Waals surface area (Å²) >= 11 is 0. The predicted molar refractivity (Wildman–Crippen MR) is 185 cm³/mol. The number of amides is 3. The molecule has 4 heterocycles. The Morgan fingerprint density at radius 1 is 1.02 bits per heavy atom. The SMILES string of the molecule is C=C(CN1CC2(COC2)C1)C(=O)Nc1cccc([C@@H]2c3c(C)nn(-c4ccccc4)c3N(CC)C(=O)[C@H]2NC(=O)c2cccc(C(F)(F)F)c2)c1. The van der Waals surface area contributed by atoms with Gasteiger partial charge >= 0.3 is 6.18 Å². The molecule has 0 unspecified atom stereocenters. The van der Waals surface area contributed by atoms with Gasteiger partial charge in [0.15, 0.2) is 0 Å². The number of rotatable bonds is 9. The minimum absolute atomic E-state index is 0.203. The number of halogens is 3. The number of nitrogens with zero attached hydrogens (tertiary/aromatic N) is 4. The monoisotopic (exact) mass is 698 g/mol. The van der Waals surface area contributed by atoms with Crippen LogP contribution in [-0.2, 0) is 20.5 Å². The maximum Gasteiger partial charge on any atom is 0.416 e. The molecule has 0 radical (unpaired) electrons. The van der Waals surface area contributed by atoms with Crippen LogP contribution in [0.25, 0.3) is 5.69 Å². The summed E-state index contributed by atoms with van der Waals surface area (Å²) in [7, 11) is 0. The maximum absolute atomic E-state index is 14.4. The van der Waals surface area contributed by atoms with E-state index in [0.29, 0.717) is 40.4 Å². The van der Waals surface area contributed by atoms with Crippen molar-refractivity contribution in [3.8, 4) is 5.69 Å². The molecule has 0 aliphatic carbocycles. The number of hydrogen-bond donors (Lipinski definition) is 2. The van der Waals surface area contributed by atoms with Gasteiger partial charge in [0.2, 0.25) is 0 Å². The van der Waals surface area contributed by atoms with Crippen LogP contribution in [0.1, 0.15) is 45.6 Å². The lowest BCUT2D eigenvalue weighted by atomic mass is 9.78. The van der Waals surface area contributed by atoms with E-state index < -0.39 is 35.5 Å². The van der Waals surface area contributed by atoms with Crippen LogP contribution >= 0.6 is 0 Å². The number of aromatic nitrogens is 2. The van der Waals surface area contributed by atoms with E-state index in [0.717, 1.165) is 50.2 Å². The summed E-state index contributed by atoms with van der Waals surface area (Å²) in [5, 5.41) is 10.5. The van der Waals surface area contributed by atoms with E-state index in [2.05, 4.69) is 22.1 Å². The normalized spacial score (nSPS) is 19.5. The van der Waals surface area contributed by atoms with Gasteiger partial charge in [-0.3, -0.25) is 24.2 Å². The van der Waals surface area contributed by atoms with Gasteiger partial charge in [0.1, 0.15) is 11.9 Å². The number of aryl methyl sites for hydroxylation is 1. The summed E-state index contributed by atoms with van der Waals surface area (Å²) in [6.45, 7) is 11.4. The first-order valence-electron chi connectivity index (χ1n) is 16.7. The summed E-state index contributed by atoms with van der Waals surface area (Å²) in [6, 6.07) is 19.2. The van der Waals surface area contributed by atoms with Crippen molar-refractivity contribution >= 4 is 29.2 Å². The molecule has 0 saturated carbocycles. The number of likely N-dealkylation sites (tertiary alicyclic amines) is 1. The van der Waals surface area contributed by atoms with Crippen molar-refractivity contribution < 1.29 is 32.3 Å². The fourth-order valence-corrected chi connectivity index (χ4v) is 7.31. The number of benzene rings is 3. The maximum atomic E-state index is 14.4. The minimum atomic E-state index is -4.66. The van der Waals surface area contributed by atoms with Crippen LogP contribution in [0.3, 0.4) is 0 Å². The second-order valence-electron chi connectivity index (χ2n) is 13.5. The van der Waals surface area contributed by atoms with Crippen molar-refractivity contribution in [1.29, 1.82) is 0 Å². The Hall–Kier alpha value is -5.27. The second kappa shape index (κ2) is 13.1. The Morgan fingerprint density at radius 2 is 1.75 bits per heavy atom. The molecule has 1 spiro atoms. The summed E-state index contributed by atoms with van der Waals surface area (Å²) in [5.74, 6) is -1.94. The molecule has 3 amide bonds. The first-order valence-corrected chi connectivity index (χ1v) is 16.7. The van der Waals surface area contributed by atoms with E-state index in [1.807, 2.05) is 37.3 Å². The van der Waals surface area contributed by atoms with E-state index in [1.165, 1.54) is 11.0 Å². The van der Waals surface area contributed by atoms with Gasteiger partial charge in [-0.15, -0.1) is 0 Å². The van der Waals surface area contributed by atoms with Crippen LogP contribution in [0.5, 0.6) is 0 Å². The highest BCUT2D eigenvalue weighted by atomic mass is 19.4. The van der Waals surface area contributed by atoms with E-state index in [9.17, 15) is 27.6 Å². The zero-order valence-electron chi connectivity index (χ0n) is 28.2. The lowest BCUT2D eigenvalue weighted by molar-refractivity contribution is -0.186. The molecule has 51 heavy (non-hydrogen) atoms. The van der Waals surface area contributed by atoms with E-state index >= 15 is 0 Å². The molecular formula is C38H37F3N6O4. The van der Waals surface area contributed by atoms with Gasteiger partial charge in [-0.1, -0.05) is 43.0 Å². The fraction of sp³-hybridized carbons (Fsp3) is 0.316. The van der Waals surface area contributed by atoms with E-state index in [1.54, 1.807) is 35.9 Å². The highest BCUT2D eigenvalue weighted by molar-refractivity contribution is 6.06. The number of hydrogen-bond acceptors (Lipinski definition) is 6. The average Bonchev–Trinajstić information content (AvgIpc) is 3.41. The summed E-state index contributed by atoms with van der Waals surface area (Å²) < 4.78 is 47.7. The number of carbonyl (C=O) groups excluding carboxylic acids is 3. The third-order valence-corrected chi connectivity index (χ3v) is 9.74. The molecule has 2 atom stereocenters. The number of ether oxygens (including phenoxy) is 1. The third-order valence-electron chi connectivity index (χ3n) is 9.74.